The van der Waals surface area contributed by atoms with E-state index in [1.807, 2.05) is 0 Å². The lowest BCUT2D eigenvalue weighted by molar-refractivity contribution is 0.181. The summed E-state index contributed by atoms with van der Waals surface area (Å²) >= 11 is 0. The molecular weight excluding hydrogens is 246 g/mol. The summed E-state index contributed by atoms with van der Waals surface area (Å²) in [5, 5.41) is 4.45. The number of hydrogen-bond acceptors (Lipinski definition) is 7. The molecule has 8 heteroatoms. The van der Waals surface area contributed by atoms with Crippen molar-refractivity contribution in [2.24, 2.45) is 5.84 Å². The third kappa shape index (κ3) is 2.20. The number of nitrogens with one attached hydrogen (secondary N) is 1. The van der Waals surface area contributed by atoms with E-state index < -0.39 is 0 Å². The smallest absolute Gasteiger partial charge is 0.256 e. The zero-order chi connectivity index (χ0) is 13.2. The maximum absolute atomic E-state index is 5.52. The van der Waals surface area contributed by atoms with Crippen LogP contribution in [0.3, 0.4) is 0 Å². The van der Waals surface area contributed by atoms with Gasteiger partial charge in [0.05, 0.1) is 12.3 Å². The number of anilines is 2. The van der Waals surface area contributed by atoms with Gasteiger partial charge in [-0.1, -0.05) is 0 Å². The fourth-order valence-corrected chi connectivity index (χ4v) is 2.28. The summed E-state index contributed by atoms with van der Waals surface area (Å²) < 4.78 is 6.70. The quantitative estimate of drug-likeness (QED) is 0.599. The Labute approximate surface area is 110 Å². The number of hydrazine groups is 1. The zero-order valence-corrected chi connectivity index (χ0v) is 10.8. The molecule has 2 aromatic rings. The first kappa shape index (κ1) is 12.1. The van der Waals surface area contributed by atoms with E-state index in [4.69, 9.17) is 10.6 Å². The first-order valence-electron chi connectivity index (χ1n) is 6.29. The van der Waals surface area contributed by atoms with Gasteiger partial charge in [0, 0.05) is 26.3 Å². The highest BCUT2D eigenvalue weighted by atomic mass is 16.5. The predicted molar refractivity (Wildman–Crippen MR) is 70.8 cm³/mol. The van der Waals surface area contributed by atoms with E-state index in [9.17, 15) is 0 Å². The Kier molecular flexibility index (Phi) is 3.18. The number of hydrogen-bond donors (Lipinski definition) is 2. The molecule has 0 saturated carbocycles. The van der Waals surface area contributed by atoms with E-state index in [-0.39, 0.29) is 0 Å². The van der Waals surface area contributed by atoms with E-state index in [0.717, 1.165) is 18.8 Å². The summed E-state index contributed by atoms with van der Waals surface area (Å²) in [6.45, 7) is 2.40. The monoisotopic (exact) mass is 263 g/mol. The van der Waals surface area contributed by atoms with Crippen molar-refractivity contribution in [2.45, 2.75) is 19.4 Å². The third-order valence-electron chi connectivity index (χ3n) is 3.18. The van der Waals surface area contributed by atoms with Gasteiger partial charge in [-0.25, -0.2) is 10.8 Å². The summed E-state index contributed by atoms with van der Waals surface area (Å²) in [7, 11) is 1.63. The SMILES string of the molecule is COCc1cc(NN)n2nc(N3CCCC3)nc2n1. The van der Waals surface area contributed by atoms with Crippen LogP contribution in [0.2, 0.25) is 0 Å². The van der Waals surface area contributed by atoms with Crippen LogP contribution in [-0.4, -0.2) is 39.8 Å². The normalized spacial score (nSPS) is 15.4. The van der Waals surface area contributed by atoms with Gasteiger partial charge in [-0.05, 0) is 12.8 Å². The van der Waals surface area contributed by atoms with Crippen LogP contribution in [0, 0.1) is 0 Å². The average molecular weight is 263 g/mol. The van der Waals surface area contributed by atoms with Crippen molar-refractivity contribution in [3.63, 3.8) is 0 Å². The molecule has 8 nitrogen and oxygen atoms in total. The maximum atomic E-state index is 5.52. The van der Waals surface area contributed by atoms with Crippen LogP contribution in [0.4, 0.5) is 11.8 Å². The molecule has 3 N–H and O–H groups in total. The highest BCUT2D eigenvalue weighted by Crippen LogP contribution is 2.19. The van der Waals surface area contributed by atoms with Crippen LogP contribution < -0.4 is 16.2 Å². The van der Waals surface area contributed by atoms with E-state index in [0.29, 0.717) is 24.2 Å². The number of methoxy groups -OCH3 is 1. The van der Waals surface area contributed by atoms with Crippen LogP contribution in [0.5, 0.6) is 0 Å². The van der Waals surface area contributed by atoms with Crippen molar-refractivity contribution in [1.82, 2.24) is 19.6 Å². The Hall–Kier alpha value is -1.93. The molecule has 19 heavy (non-hydrogen) atoms. The van der Waals surface area contributed by atoms with E-state index >= 15 is 0 Å². The van der Waals surface area contributed by atoms with E-state index in [1.54, 1.807) is 17.7 Å². The minimum Gasteiger partial charge on any atom is -0.378 e. The van der Waals surface area contributed by atoms with Gasteiger partial charge >= 0.3 is 0 Å². The lowest BCUT2D eigenvalue weighted by Crippen LogP contribution is -2.19. The standard InChI is InChI=1S/C11H17N7O/c1-19-7-8-6-9(15-12)18-10(13-8)14-11(16-18)17-4-2-3-5-17/h6,15H,2-5,7,12H2,1H3. The molecule has 0 aromatic carbocycles. The number of ether oxygens (including phenoxy) is 1. The molecule has 102 valence electrons. The second kappa shape index (κ2) is 4.98. The summed E-state index contributed by atoms with van der Waals surface area (Å²) in [5.41, 5.74) is 3.39. The Morgan fingerprint density at radius 3 is 2.84 bits per heavy atom. The van der Waals surface area contributed by atoms with Gasteiger partial charge in [0.15, 0.2) is 0 Å². The van der Waals surface area contributed by atoms with Gasteiger partial charge in [-0.2, -0.15) is 9.50 Å². The van der Waals surface area contributed by atoms with Crippen LogP contribution in [-0.2, 0) is 11.3 Å². The fourth-order valence-electron chi connectivity index (χ4n) is 2.28. The average Bonchev–Trinajstić information content (AvgIpc) is 3.06. The number of fused-ring (bicyclic) bond motifs is 1. The Morgan fingerprint density at radius 2 is 2.16 bits per heavy atom. The second-order valence-electron chi connectivity index (χ2n) is 4.53. The fraction of sp³-hybridized carbons (Fsp3) is 0.545. The number of nitrogens with two attached hydrogens (primary N) is 1. The van der Waals surface area contributed by atoms with Gasteiger partial charge in [-0.15, -0.1) is 5.10 Å². The predicted octanol–water partition coefficient (Wildman–Crippen LogP) is 0.156. The zero-order valence-electron chi connectivity index (χ0n) is 10.8. The van der Waals surface area contributed by atoms with Crippen molar-refractivity contribution < 1.29 is 4.74 Å². The molecule has 0 atom stereocenters. The Morgan fingerprint density at radius 1 is 1.37 bits per heavy atom. The summed E-state index contributed by atoms with van der Waals surface area (Å²) in [4.78, 5) is 11.0. The minimum atomic E-state index is 0.414. The van der Waals surface area contributed by atoms with Crippen molar-refractivity contribution in [1.29, 1.82) is 0 Å². The number of nitrogens with zero attached hydrogens (tertiary/aromatic N) is 5. The van der Waals surface area contributed by atoms with Crippen molar-refractivity contribution in [2.75, 3.05) is 30.5 Å². The number of rotatable bonds is 4. The molecule has 0 spiro atoms. The van der Waals surface area contributed by atoms with Crippen molar-refractivity contribution in [3.05, 3.63) is 11.8 Å². The molecular formula is C11H17N7O. The third-order valence-corrected chi connectivity index (χ3v) is 3.18. The highest BCUT2D eigenvalue weighted by Gasteiger charge is 2.18. The Bertz CT molecular complexity index is 576. The molecule has 1 saturated heterocycles. The summed E-state index contributed by atoms with van der Waals surface area (Å²) in [6.07, 6.45) is 2.36. The molecule has 0 bridgehead atoms. The molecule has 0 unspecified atom stereocenters. The van der Waals surface area contributed by atoms with Gasteiger partial charge in [0.25, 0.3) is 5.78 Å². The number of nitrogen functional groups attached to an aromatic ring is 1. The van der Waals surface area contributed by atoms with Crippen molar-refractivity contribution >= 4 is 17.5 Å². The van der Waals surface area contributed by atoms with Crippen LogP contribution in [0.1, 0.15) is 18.5 Å². The summed E-state index contributed by atoms with van der Waals surface area (Å²) in [6, 6.07) is 1.80. The van der Waals surface area contributed by atoms with Crippen molar-refractivity contribution in [3.8, 4) is 0 Å². The molecule has 2 aromatic heterocycles. The van der Waals surface area contributed by atoms with Gasteiger partial charge in [-0.3, -0.25) is 0 Å². The maximum Gasteiger partial charge on any atom is 0.256 e. The minimum absolute atomic E-state index is 0.414. The van der Waals surface area contributed by atoms with Crippen LogP contribution in [0.25, 0.3) is 5.78 Å². The molecule has 1 fully saturated rings. The summed E-state index contributed by atoms with van der Waals surface area (Å²) in [5.74, 6) is 7.41. The molecule has 1 aliphatic heterocycles. The van der Waals surface area contributed by atoms with Gasteiger partial charge < -0.3 is 15.1 Å². The number of aromatic nitrogens is 4. The lowest BCUT2D eigenvalue weighted by Gasteiger charge is -2.10. The largest absolute Gasteiger partial charge is 0.378 e. The topological polar surface area (TPSA) is 93.6 Å². The molecule has 3 rings (SSSR count). The molecule has 0 amide bonds. The highest BCUT2D eigenvalue weighted by molar-refractivity contribution is 5.48. The van der Waals surface area contributed by atoms with Crippen LogP contribution in [0.15, 0.2) is 6.07 Å². The second-order valence-corrected chi connectivity index (χ2v) is 4.53. The van der Waals surface area contributed by atoms with Gasteiger partial charge in [0.2, 0.25) is 5.95 Å². The molecule has 3 heterocycles. The lowest BCUT2D eigenvalue weighted by atomic mass is 10.4. The molecule has 0 aliphatic carbocycles. The van der Waals surface area contributed by atoms with Gasteiger partial charge in [0.1, 0.15) is 5.82 Å². The van der Waals surface area contributed by atoms with E-state index in [1.165, 1.54) is 12.8 Å². The Balaban J connectivity index is 2.04. The first-order chi connectivity index (χ1) is 9.31. The van der Waals surface area contributed by atoms with E-state index in [2.05, 4.69) is 25.4 Å². The first-order valence-corrected chi connectivity index (χ1v) is 6.29. The van der Waals surface area contributed by atoms with Crippen LogP contribution >= 0.6 is 0 Å². The molecule has 1 aliphatic rings. The molecule has 0 radical (unpaired) electrons.